The summed E-state index contributed by atoms with van der Waals surface area (Å²) >= 11 is 0. The van der Waals surface area contributed by atoms with Crippen molar-refractivity contribution in [3.8, 4) is 0 Å². The summed E-state index contributed by atoms with van der Waals surface area (Å²) in [6.45, 7) is 4.87. The predicted octanol–water partition coefficient (Wildman–Crippen LogP) is 2.19. The standard InChI is InChI=1S/C8H21N2O3P/c1-3-5-7-12-14(11,10-9)13-8-6-4-2/h3-9H2,1-2H3,(H,10,11). The molecule has 0 saturated carbocycles. The van der Waals surface area contributed by atoms with E-state index in [4.69, 9.17) is 14.9 Å². The van der Waals surface area contributed by atoms with Gasteiger partial charge in [-0.3, -0.25) is 14.9 Å². The second kappa shape index (κ2) is 8.38. The fourth-order valence-electron chi connectivity index (χ4n) is 0.770. The highest BCUT2D eigenvalue weighted by atomic mass is 31.2. The van der Waals surface area contributed by atoms with Crippen LogP contribution in [0.1, 0.15) is 39.5 Å². The predicted molar refractivity (Wildman–Crippen MR) is 56.6 cm³/mol. The summed E-state index contributed by atoms with van der Waals surface area (Å²) in [4.78, 5) is 0. The van der Waals surface area contributed by atoms with Crippen LogP contribution in [0.3, 0.4) is 0 Å². The Bertz CT molecular complexity index is 164. The molecule has 0 heterocycles. The second-order valence-electron chi connectivity index (χ2n) is 3.00. The maximum Gasteiger partial charge on any atom is 0.418 e. The lowest BCUT2D eigenvalue weighted by molar-refractivity contribution is 0.191. The molecule has 0 aromatic heterocycles. The van der Waals surface area contributed by atoms with Crippen LogP contribution < -0.4 is 11.0 Å². The van der Waals surface area contributed by atoms with E-state index in [-0.39, 0.29) is 0 Å². The number of hydrogen-bond acceptors (Lipinski definition) is 4. The molecule has 0 unspecified atom stereocenters. The molecule has 0 fully saturated rings. The third-order valence-electron chi connectivity index (χ3n) is 1.68. The van der Waals surface area contributed by atoms with Gasteiger partial charge in [-0.2, -0.15) is 5.20 Å². The Kier molecular flexibility index (Phi) is 8.43. The van der Waals surface area contributed by atoms with Gasteiger partial charge in [0.25, 0.3) is 0 Å². The van der Waals surface area contributed by atoms with Gasteiger partial charge in [-0.1, -0.05) is 26.7 Å². The van der Waals surface area contributed by atoms with E-state index in [2.05, 4.69) is 5.20 Å². The van der Waals surface area contributed by atoms with Crippen molar-refractivity contribution in [3.63, 3.8) is 0 Å². The van der Waals surface area contributed by atoms with Gasteiger partial charge in [0.2, 0.25) is 0 Å². The fraction of sp³-hybridized carbons (Fsp3) is 1.00. The molecule has 0 aliphatic carbocycles. The average molecular weight is 224 g/mol. The molecule has 0 bridgehead atoms. The topological polar surface area (TPSA) is 73.6 Å². The summed E-state index contributed by atoms with van der Waals surface area (Å²) in [5.41, 5.74) is 0. The molecule has 0 atom stereocenters. The molecule has 0 radical (unpaired) electrons. The Balaban J connectivity index is 3.74. The summed E-state index contributed by atoms with van der Waals surface area (Å²) in [6.07, 6.45) is 3.67. The number of hydrogen-bond donors (Lipinski definition) is 2. The molecule has 6 heteroatoms. The van der Waals surface area contributed by atoms with E-state index in [0.29, 0.717) is 13.2 Å². The van der Waals surface area contributed by atoms with Crippen LogP contribution in [0.15, 0.2) is 0 Å². The Morgan fingerprint density at radius 3 is 1.86 bits per heavy atom. The van der Waals surface area contributed by atoms with Crippen LogP contribution in [0.5, 0.6) is 0 Å². The highest BCUT2D eigenvalue weighted by Crippen LogP contribution is 2.42. The van der Waals surface area contributed by atoms with Gasteiger partial charge in [-0.25, -0.2) is 4.57 Å². The molecule has 0 spiro atoms. The zero-order valence-electron chi connectivity index (χ0n) is 8.99. The van der Waals surface area contributed by atoms with E-state index in [0.717, 1.165) is 25.7 Å². The highest BCUT2D eigenvalue weighted by molar-refractivity contribution is 7.51. The van der Waals surface area contributed by atoms with E-state index < -0.39 is 7.75 Å². The molecule has 14 heavy (non-hydrogen) atoms. The van der Waals surface area contributed by atoms with Crippen LogP contribution in [0, 0.1) is 0 Å². The van der Waals surface area contributed by atoms with Gasteiger partial charge in [-0.15, -0.1) is 0 Å². The number of nitrogens with two attached hydrogens (primary N) is 1. The monoisotopic (exact) mass is 224 g/mol. The Morgan fingerprint density at radius 1 is 1.14 bits per heavy atom. The van der Waals surface area contributed by atoms with E-state index in [1.807, 2.05) is 13.8 Å². The van der Waals surface area contributed by atoms with Crippen molar-refractivity contribution in [2.45, 2.75) is 39.5 Å². The first-order valence-electron chi connectivity index (χ1n) is 5.05. The molecule has 0 aromatic carbocycles. The Hall–Kier alpha value is 0.0700. The van der Waals surface area contributed by atoms with Gasteiger partial charge in [0.05, 0.1) is 13.2 Å². The van der Waals surface area contributed by atoms with E-state index in [1.165, 1.54) is 0 Å². The number of unbranched alkanes of at least 4 members (excludes halogenated alkanes) is 2. The van der Waals surface area contributed by atoms with Gasteiger partial charge < -0.3 is 0 Å². The molecule has 0 aromatic rings. The number of rotatable bonds is 9. The first kappa shape index (κ1) is 14.1. The van der Waals surface area contributed by atoms with E-state index in [1.54, 1.807) is 0 Å². The molecule has 0 amide bonds. The summed E-state index contributed by atoms with van der Waals surface area (Å²) in [6, 6.07) is 0. The molecule has 86 valence electrons. The highest BCUT2D eigenvalue weighted by Gasteiger charge is 2.21. The van der Waals surface area contributed by atoms with Crippen molar-refractivity contribution in [1.82, 2.24) is 5.20 Å². The summed E-state index contributed by atoms with van der Waals surface area (Å²) in [7, 11) is -3.23. The van der Waals surface area contributed by atoms with Crippen molar-refractivity contribution < 1.29 is 13.6 Å². The van der Waals surface area contributed by atoms with Crippen molar-refractivity contribution in [2.75, 3.05) is 13.2 Å². The third kappa shape index (κ3) is 6.51. The minimum absolute atomic E-state index is 0.407. The Labute approximate surface area is 85.9 Å². The van der Waals surface area contributed by atoms with Gasteiger partial charge in [0.15, 0.2) is 0 Å². The maximum absolute atomic E-state index is 11.7. The lowest BCUT2D eigenvalue weighted by atomic mass is 10.4. The van der Waals surface area contributed by atoms with Gasteiger partial charge in [0, 0.05) is 0 Å². The Morgan fingerprint density at radius 2 is 1.57 bits per heavy atom. The quantitative estimate of drug-likeness (QED) is 0.272. The van der Waals surface area contributed by atoms with Gasteiger partial charge in [-0.05, 0) is 12.8 Å². The van der Waals surface area contributed by atoms with Crippen molar-refractivity contribution in [2.24, 2.45) is 5.84 Å². The fourth-order valence-corrected chi connectivity index (χ4v) is 1.73. The van der Waals surface area contributed by atoms with Crippen molar-refractivity contribution >= 4 is 7.75 Å². The summed E-state index contributed by atoms with van der Waals surface area (Å²) in [5, 5.41) is 2.11. The van der Waals surface area contributed by atoms with Crippen LogP contribution in [0.25, 0.3) is 0 Å². The zero-order valence-corrected chi connectivity index (χ0v) is 9.89. The molecule has 3 N–H and O–H groups in total. The molecule has 0 rings (SSSR count). The van der Waals surface area contributed by atoms with E-state index >= 15 is 0 Å². The van der Waals surface area contributed by atoms with Crippen LogP contribution >= 0.6 is 7.75 Å². The van der Waals surface area contributed by atoms with Crippen LogP contribution in [0.4, 0.5) is 0 Å². The summed E-state index contributed by atoms with van der Waals surface area (Å²) < 4.78 is 21.8. The van der Waals surface area contributed by atoms with Crippen LogP contribution in [0.2, 0.25) is 0 Å². The third-order valence-corrected chi connectivity index (χ3v) is 3.04. The molecule has 5 nitrogen and oxygen atoms in total. The molecular formula is C8H21N2O3P. The smallest absolute Gasteiger partial charge is 0.296 e. The van der Waals surface area contributed by atoms with E-state index in [9.17, 15) is 4.57 Å². The van der Waals surface area contributed by atoms with Gasteiger partial charge in [0.1, 0.15) is 0 Å². The molecular weight excluding hydrogens is 203 g/mol. The zero-order chi connectivity index (χ0) is 10.9. The lowest BCUT2D eigenvalue weighted by Gasteiger charge is -2.16. The first-order chi connectivity index (χ1) is 6.68. The van der Waals surface area contributed by atoms with Crippen molar-refractivity contribution in [1.29, 1.82) is 0 Å². The second-order valence-corrected chi connectivity index (χ2v) is 4.77. The maximum atomic E-state index is 11.7. The lowest BCUT2D eigenvalue weighted by Crippen LogP contribution is -2.22. The summed E-state index contributed by atoms with van der Waals surface area (Å²) in [5.74, 6) is 5.11. The number of nitrogens with one attached hydrogen (secondary N) is 1. The van der Waals surface area contributed by atoms with Crippen LogP contribution in [-0.4, -0.2) is 13.2 Å². The van der Waals surface area contributed by atoms with Crippen LogP contribution in [-0.2, 0) is 13.6 Å². The average Bonchev–Trinajstić information content (AvgIpc) is 2.19. The minimum Gasteiger partial charge on any atom is -0.296 e. The largest absolute Gasteiger partial charge is 0.418 e. The minimum atomic E-state index is -3.23. The molecule has 0 saturated heterocycles. The molecule has 0 aliphatic heterocycles. The van der Waals surface area contributed by atoms with Crippen molar-refractivity contribution in [3.05, 3.63) is 0 Å². The molecule has 0 aliphatic rings. The first-order valence-corrected chi connectivity index (χ1v) is 6.59. The van der Waals surface area contributed by atoms with Gasteiger partial charge >= 0.3 is 7.75 Å². The number of hydrazine groups is 1. The normalized spacial score (nSPS) is 11.9. The SMILES string of the molecule is CCCCOP(=O)(NN)OCCCC.